The molecule has 5 nitrogen and oxygen atoms in total. The van der Waals surface area contributed by atoms with Gasteiger partial charge in [-0.15, -0.1) is 0 Å². The molecule has 0 aromatic heterocycles. The Bertz CT molecular complexity index is 911. The van der Waals surface area contributed by atoms with Gasteiger partial charge < -0.3 is 14.5 Å². The maximum Gasteiger partial charge on any atom is 0.254 e. The van der Waals surface area contributed by atoms with Crippen LogP contribution in [0.2, 0.25) is 0 Å². The van der Waals surface area contributed by atoms with Crippen LogP contribution in [0, 0.1) is 5.82 Å². The molecule has 0 unspecified atom stereocenters. The summed E-state index contributed by atoms with van der Waals surface area (Å²) < 4.78 is 19.7. The van der Waals surface area contributed by atoms with Crippen LogP contribution in [0.1, 0.15) is 23.2 Å². The Morgan fingerprint density at radius 1 is 1.10 bits per heavy atom. The summed E-state index contributed by atoms with van der Waals surface area (Å²) in [6, 6.07) is 14.7. The predicted molar refractivity (Wildman–Crippen MR) is 121 cm³/mol. The van der Waals surface area contributed by atoms with Gasteiger partial charge in [0.25, 0.3) is 5.91 Å². The molecule has 2 fully saturated rings. The second-order valence-electron chi connectivity index (χ2n) is 8.15. The molecule has 6 heteroatoms. The van der Waals surface area contributed by atoms with Crippen LogP contribution in [0.3, 0.4) is 0 Å². The van der Waals surface area contributed by atoms with Gasteiger partial charge in [-0.2, -0.15) is 0 Å². The van der Waals surface area contributed by atoms with E-state index in [1.807, 2.05) is 41.3 Å². The van der Waals surface area contributed by atoms with Crippen molar-refractivity contribution in [2.24, 2.45) is 0 Å². The van der Waals surface area contributed by atoms with Crippen molar-refractivity contribution < 1.29 is 13.9 Å². The highest BCUT2D eigenvalue weighted by atomic mass is 19.1. The largest absolute Gasteiger partial charge is 0.490 e. The number of carbonyl (C=O) groups excluding carboxylic acids is 1. The highest BCUT2D eigenvalue weighted by Gasteiger charge is 2.30. The topological polar surface area (TPSA) is 36.0 Å². The first kappa shape index (κ1) is 21.4. The summed E-state index contributed by atoms with van der Waals surface area (Å²) in [5.74, 6) is 0.576. The number of piperazine rings is 1. The van der Waals surface area contributed by atoms with Gasteiger partial charge in [0.1, 0.15) is 18.2 Å². The summed E-state index contributed by atoms with van der Waals surface area (Å²) in [6.45, 7) is 8.95. The summed E-state index contributed by atoms with van der Waals surface area (Å²) in [6.07, 6.45) is 3.78. The molecule has 0 spiro atoms. The summed E-state index contributed by atoms with van der Waals surface area (Å²) in [4.78, 5) is 19.6. The van der Waals surface area contributed by atoms with Crippen LogP contribution in [0.4, 0.5) is 10.1 Å². The van der Waals surface area contributed by atoms with Gasteiger partial charge in [0.2, 0.25) is 0 Å². The van der Waals surface area contributed by atoms with Crippen LogP contribution in [0.5, 0.6) is 5.75 Å². The summed E-state index contributed by atoms with van der Waals surface area (Å²) in [5, 5.41) is 0. The molecule has 2 heterocycles. The monoisotopic (exact) mass is 423 g/mol. The number of hydrogen-bond acceptors (Lipinski definition) is 4. The zero-order chi connectivity index (χ0) is 21.6. The van der Waals surface area contributed by atoms with E-state index in [9.17, 15) is 9.18 Å². The van der Waals surface area contributed by atoms with E-state index in [2.05, 4.69) is 16.4 Å². The lowest BCUT2D eigenvalue weighted by Crippen LogP contribution is -2.56. The molecule has 31 heavy (non-hydrogen) atoms. The van der Waals surface area contributed by atoms with Crippen molar-refractivity contribution in [3.63, 3.8) is 0 Å². The number of hydrogen-bond donors (Lipinski definition) is 0. The number of benzene rings is 2. The van der Waals surface area contributed by atoms with Crippen molar-refractivity contribution in [3.05, 3.63) is 72.6 Å². The smallest absolute Gasteiger partial charge is 0.254 e. The first-order valence-corrected chi connectivity index (χ1v) is 11.0. The standard InChI is InChI=1S/C25H30FN3O2/c1-2-17-31-22-9-5-7-20(18-22)25(30)29-12-6-8-21(19-29)27-13-15-28(16-14-27)24-11-4-3-10-23(24)26/h2-5,7,9-11,18,21H,1,6,8,12-17,19H2/t21-/m0/s1. The molecule has 4 rings (SSSR count). The Hall–Kier alpha value is -2.86. The summed E-state index contributed by atoms with van der Waals surface area (Å²) >= 11 is 0. The van der Waals surface area contributed by atoms with E-state index >= 15 is 0 Å². The second kappa shape index (κ2) is 9.96. The molecular formula is C25H30FN3O2. The van der Waals surface area contributed by atoms with Crippen LogP contribution < -0.4 is 9.64 Å². The lowest BCUT2D eigenvalue weighted by atomic mass is 10.0. The molecule has 2 aliphatic rings. The van der Waals surface area contributed by atoms with E-state index in [1.54, 1.807) is 12.1 Å². The summed E-state index contributed by atoms with van der Waals surface area (Å²) in [7, 11) is 0. The van der Waals surface area contributed by atoms with Crippen molar-refractivity contribution in [2.75, 3.05) is 50.8 Å². The molecule has 2 aromatic carbocycles. The third kappa shape index (κ3) is 5.07. The fourth-order valence-corrected chi connectivity index (χ4v) is 4.53. The van der Waals surface area contributed by atoms with Crippen molar-refractivity contribution >= 4 is 11.6 Å². The Labute approximate surface area is 183 Å². The first-order chi connectivity index (χ1) is 15.2. The zero-order valence-corrected chi connectivity index (χ0v) is 17.9. The van der Waals surface area contributed by atoms with Gasteiger partial charge in [0.05, 0.1) is 5.69 Å². The maximum absolute atomic E-state index is 14.1. The number of likely N-dealkylation sites (tertiary alicyclic amines) is 1. The van der Waals surface area contributed by atoms with Gasteiger partial charge in [-0.05, 0) is 43.2 Å². The Kier molecular flexibility index (Phi) is 6.87. The van der Waals surface area contributed by atoms with E-state index in [0.29, 0.717) is 29.6 Å². The molecule has 2 saturated heterocycles. The molecule has 0 bridgehead atoms. The predicted octanol–water partition coefficient (Wildman–Crippen LogP) is 3.82. The molecule has 0 N–H and O–H groups in total. The van der Waals surface area contributed by atoms with Gasteiger partial charge in [-0.3, -0.25) is 9.69 Å². The lowest BCUT2D eigenvalue weighted by molar-refractivity contribution is 0.0563. The van der Waals surface area contributed by atoms with Crippen LogP contribution in [0.15, 0.2) is 61.2 Å². The van der Waals surface area contributed by atoms with Crippen LogP contribution in [-0.4, -0.2) is 67.6 Å². The minimum absolute atomic E-state index is 0.0544. The second-order valence-corrected chi connectivity index (χ2v) is 8.15. The Morgan fingerprint density at radius 2 is 1.90 bits per heavy atom. The number of halogens is 1. The Morgan fingerprint density at radius 3 is 2.68 bits per heavy atom. The molecule has 2 aliphatic heterocycles. The third-order valence-electron chi connectivity index (χ3n) is 6.16. The average Bonchev–Trinajstić information content (AvgIpc) is 2.83. The molecular weight excluding hydrogens is 393 g/mol. The molecule has 1 amide bonds. The average molecular weight is 424 g/mol. The van der Waals surface area contributed by atoms with E-state index in [0.717, 1.165) is 52.1 Å². The molecule has 0 radical (unpaired) electrons. The molecule has 0 saturated carbocycles. The SMILES string of the molecule is C=CCOc1cccc(C(=O)N2CCC[C@H](N3CCN(c4ccccc4F)CC3)C2)c1. The van der Waals surface area contributed by atoms with E-state index in [1.165, 1.54) is 6.07 Å². The number of carbonyl (C=O) groups is 1. The number of rotatable bonds is 6. The molecule has 2 aromatic rings. The highest BCUT2D eigenvalue weighted by molar-refractivity contribution is 5.94. The Balaban J connectivity index is 1.35. The maximum atomic E-state index is 14.1. The van der Waals surface area contributed by atoms with Gasteiger partial charge in [0.15, 0.2) is 0 Å². The number of para-hydroxylation sites is 1. The lowest BCUT2D eigenvalue weighted by Gasteiger charge is -2.44. The number of piperidine rings is 1. The number of nitrogens with zero attached hydrogens (tertiary/aromatic N) is 3. The highest BCUT2D eigenvalue weighted by Crippen LogP contribution is 2.24. The van der Waals surface area contributed by atoms with Crippen molar-refractivity contribution in [3.8, 4) is 5.75 Å². The van der Waals surface area contributed by atoms with Crippen molar-refractivity contribution in [2.45, 2.75) is 18.9 Å². The van der Waals surface area contributed by atoms with E-state index in [4.69, 9.17) is 4.74 Å². The number of ether oxygens (including phenoxy) is 1. The fraction of sp³-hybridized carbons (Fsp3) is 0.400. The minimum Gasteiger partial charge on any atom is -0.490 e. The third-order valence-corrected chi connectivity index (χ3v) is 6.16. The molecule has 164 valence electrons. The first-order valence-electron chi connectivity index (χ1n) is 11.0. The van der Waals surface area contributed by atoms with E-state index < -0.39 is 0 Å². The van der Waals surface area contributed by atoms with Gasteiger partial charge in [0, 0.05) is 50.9 Å². The molecule has 1 atom stereocenters. The van der Waals surface area contributed by atoms with Gasteiger partial charge in [-0.1, -0.05) is 30.9 Å². The quantitative estimate of drug-likeness (QED) is 0.662. The van der Waals surface area contributed by atoms with Crippen molar-refractivity contribution in [1.29, 1.82) is 0 Å². The minimum atomic E-state index is -0.162. The van der Waals surface area contributed by atoms with Gasteiger partial charge >= 0.3 is 0 Å². The van der Waals surface area contributed by atoms with E-state index in [-0.39, 0.29) is 11.7 Å². The zero-order valence-electron chi connectivity index (χ0n) is 17.9. The fourth-order valence-electron chi connectivity index (χ4n) is 4.53. The van der Waals surface area contributed by atoms with Gasteiger partial charge in [-0.25, -0.2) is 4.39 Å². The molecule has 0 aliphatic carbocycles. The number of amides is 1. The summed E-state index contributed by atoms with van der Waals surface area (Å²) in [5.41, 5.74) is 1.34. The number of anilines is 1. The van der Waals surface area contributed by atoms with Crippen molar-refractivity contribution in [1.82, 2.24) is 9.80 Å². The normalized spacial score (nSPS) is 19.8. The van der Waals surface area contributed by atoms with Crippen LogP contribution >= 0.6 is 0 Å². The van der Waals surface area contributed by atoms with Crippen LogP contribution in [-0.2, 0) is 0 Å². The van der Waals surface area contributed by atoms with Crippen LogP contribution in [0.25, 0.3) is 0 Å².